The predicted octanol–water partition coefficient (Wildman–Crippen LogP) is 3.81. The molecule has 2 aromatic heterocycles. The molecule has 0 aliphatic rings. The van der Waals surface area contributed by atoms with Gasteiger partial charge in [0.25, 0.3) is 5.56 Å². The summed E-state index contributed by atoms with van der Waals surface area (Å²) in [6, 6.07) is 5.27. The van der Waals surface area contributed by atoms with Gasteiger partial charge in [-0.2, -0.15) is 13.2 Å². The largest absolute Gasteiger partial charge is 0.465 e. The van der Waals surface area contributed by atoms with Gasteiger partial charge in [-0.05, 0) is 63.1 Å². The molecule has 29 heavy (non-hydrogen) atoms. The van der Waals surface area contributed by atoms with Crippen LogP contribution in [0.15, 0.2) is 33.5 Å². The maximum Gasteiger partial charge on any atom is 0.438 e. The predicted molar refractivity (Wildman–Crippen MR) is 100 cm³/mol. The zero-order chi connectivity index (χ0) is 21.5. The van der Waals surface area contributed by atoms with Gasteiger partial charge in [-0.1, -0.05) is 0 Å². The second-order valence-electron chi connectivity index (χ2n) is 6.96. The summed E-state index contributed by atoms with van der Waals surface area (Å²) in [6.07, 6.45) is -4.94. The lowest BCUT2D eigenvalue weighted by atomic mass is 10.1. The standard InChI is InChI=1S/C20H20F3N3O3/c1-10-7-15-16(8-11(10)2)26(19(28)17(25-15)20(21,22)23)13(4)18(27)24-9-14-6-5-12(3)29-14/h5-8,13H,9H2,1-4H3,(H,24,27)/t13-/m1/s1. The summed E-state index contributed by atoms with van der Waals surface area (Å²) in [5, 5.41) is 2.59. The number of aryl methyl sites for hydroxylation is 3. The second-order valence-corrected chi connectivity index (χ2v) is 6.96. The number of aromatic nitrogens is 2. The first-order valence-corrected chi connectivity index (χ1v) is 8.92. The summed E-state index contributed by atoms with van der Waals surface area (Å²) < 4.78 is 46.4. The Kier molecular flexibility index (Phi) is 5.25. The number of nitrogens with zero attached hydrogens (tertiary/aromatic N) is 2. The zero-order valence-corrected chi connectivity index (χ0v) is 16.3. The summed E-state index contributed by atoms with van der Waals surface area (Å²) >= 11 is 0. The van der Waals surface area contributed by atoms with Crippen molar-refractivity contribution in [3.8, 4) is 0 Å². The molecule has 0 fully saturated rings. The van der Waals surface area contributed by atoms with Crippen molar-refractivity contribution in [3.63, 3.8) is 0 Å². The van der Waals surface area contributed by atoms with E-state index in [1.165, 1.54) is 13.0 Å². The van der Waals surface area contributed by atoms with Crippen molar-refractivity contribution in [2.24, 2.45) is 0 Å². The highest BCUT2D eigenvalue weighted by molar-refractivity contribution is 5.84. The molecular weight excluding hydrogens is 387 g/mol. The van der Waals surface area contributed by atoms with E-state index < -0.39 is 29.4 Å². The van der Waals surface area contributed by atoms with Gasteiger partial charge >= 0.3 is 6.18 Å². The Hall–Kier alpha value is -3.10. The number of hydrogen-bond acceptors (Lipinski definition) is 4. The first kappa shape index (κ1) is 20.6. The van der Waals surface area contributed by atoms with Crippen LogP contribution in [0.1, 0.15) is 41.3 Å². The molecule has 0 unspecified atom stereocenters. The molecule has 0 spiro atoms. The molecule has 0 saturated carbocycles. The van der Waals surface area contributed by atoms with Crippen molar-refractivity contribution in [1.29, 1.82) is 0 Å². The van der Waals surface area contributed by atoms with E-state index in [1.807, 2.05) is 0 Å². The van der Waals surface area contributed by atoms with Crippen LogP contribution in [0.4, 0.5) is 13.2 Å². The molecule has 0 bridgehead atoms. The van der Waals surface area contributed by atoms with E-state index in [0.717, 1.165) is 15.7 Å². The second kappa shape index (κ2) is 7.38. The van der Waals surface area contributed by atoms with Gasteiger partial charge in [-0.15, -0.1) is 0 Å². The van der Waals surface area contributed by atoms with Gasteiger partial charge < -0.3 is 9.73 Å². The van der Waals surface area contributed by atoms with Crippen molar-refractivity contribution in [3.05, 3.63) is 63.0 Å². The first-order chi connectivity index (χ1) is 13.5. The number of furan rings is 1. The Morgan fingerprint density at radius 3 is 2.45 bits per heavy atom. The van der Waals surface area contributed by atoms with Gasteiger partial charge in [0.05, 0.1) is 17.6 Å². The molecule has 2 heterocycles. The summed E-state index contributed by atoms with van der Waals surface area (Å²) in [5.41, 5.74) is -1.23. The van der Waals surface area contributed by atoms with Crippen LogP contribution in [0.2, 0.25) is 0 Å². The Balaban J connectivity index is 2.08. The minimum absolute atomic E-state index is 0.00124. The lowest BCUT2D eigenvalue weighted by Gasteiger charge is -2.20. The third-order valence-corrected chi connectivity index (χ3v) is 4.77. The van der Waals surface area contributed by atoms with Crippen LogP contribution in [-0.2, 0) is 17.5 Å². The van der Waals surface area contributed by atoms with Crippen LogP contribution in [0, 0.1) is 20.8 Å². The van der Waals surface area contributed by atoms with Gasteiger partial charge in [0.2, 0.25) is 11.6 Å². The molecule has 3 aromatic rings. The van der Waals surface area contributed by atoms with Gasteiger partial charge in [-0.25, -0.2) is 4.98 Å². The fourth-order valence-corrected chi connectivity index (χ4v) is 3.05. The summed E-state index contributed by atoms with van der Waals surface area (Å²) in [7, 11) is 0. The van der Waals surface area contributed by atoms with E-state index >= 15 is 0 Å². The number of fused-ring (bicyclic) bond motifs is 1. The average Bonchev–Trinajstić information content (AvgIpc) is 3.04. The van der Waals surface area contributed by atoms with E-state index in [0.29, 0.717) is 11.5 Å². The summed E-state index contributed by atoms with van der Waals surface area (Å²) in [5.74, 6) is 0.553. The van der Waals surface area contributed by atoms with Crippen LogP contribution in [-0.4, -0.2) is 15.5 Å². The van der Waals surface area contributed by atoms with Crippen molar-refractivity contribution in [2.75, 3.05) is 0 Å². The zero-order valence-electron chi connectivity index (χ0n) is 16.3. The van der Waals surface area contributed by atoms with Crippen LogP contribution in [0.5, 0.6) is 0 Å². The van der Waals surface area contributed by atoms with Gasteiger partial charge in [0.1, 0.15) is 17.6 Å². The molecule has 1 aromatic carbocycles. The van der Waals surface area contributed by atoms with Crippen LogP contribution in [0.25, 0.3) is 11.0 Å². The highest BCUT2D eigenvalue weighted by Gasteiger charge is 2.38. The molecule has 0 radical (unpaired) electrons. The van der Waals surface area contributed by atoms with Gasteiger partial charge in [0.15, 0.2) is 0 Å². The Morgan fingerprint density at radius 2 is 1.86 bits per heavy atom. The quantitative estimate of drug-likeness (QED) is 0.714. The van der Waals surface area contributed by atoms with Crippen LogP contribution >= 0.6 is 0 Å². The number of rotatable bonds is 4. The fourth-order valence-electron chi connectivity index (χ4n) is 3.05. The SMILES string of the molecule is Cc1ccc(CNC(=O)[C@@H](C)n2c(=O)c(C(F)(F)F)nc3cc(C)c(C)cc32)o1. The van der Waals surface area contributed by atoms with E-state index in [4.69, 9.17) is 4.42 Å². The van der Waals surface area contributed by atoms with E-state index in [-0.39, 0.29) is 17.6 Å². The Bertz CT molecular complexity index is 1150. The molecule has 6 nitrogen and oxygen atoms in total. The number of nitrogens with one attached hydrogen (secondary N) is 1. The van der Waals surface area contributed by atoms with Crippen molar-refractivity contribution < 1.29 is 22.4 Å². The number of benzene rings is 1. The topological polar surface area (TPSA) is 77.1 Å². The maximum absolute atomic E-state index is 13.4. The van der Waals surface area contributed by atoms with E-state index in [9.17, 15) is 22.8 Å². The number of hydrogen-bond donors (Lipinski definition) is 1. The lowest BCUT2D eigenvalue weighted by molar-refractivity contribution is -0.142. The Labute approximate surface area is 164 Å². The van der Waals surface area contributed by atoms with Crippen molar-refractivity contribution >= 4 is 16.9 Å². The third kappa shape index (κ3) is 4.03. The third-order valence-electron chi connectivity index (χ3n) is 4.77. The Morgan fingerprint density at radius 1 is 1.21 bits per heavy atom. The molecule has 9 heteroatoms. The summed E-state index contributed by atoms with van der Waals surface area (Å²) in [6.45, 7) is 6.68. The number of halogens is 3. The smallest absolute Gasteiger partial charge is 0.438 e. The molecule has 1 atom stereocenters. The highest BCUT2D eigenvalue weighted by Crippen LogP contribution is 2.28. The monoisotopic (exact) mass is 407 g/mol. The van der Waals surface area contributed by atoms with Gasteiger partial charge in [0, 0.05) is 0 Å². The molecule has 0 aliphatic carbocycles. The number of amides is 1. The molecule has 154 valence electrons. The molecule has 0 saturated heterocycles. The fraction of sp³-hybridized carbons (Fsp3) is 0.350. The van der Waals surface area contributed by atoms with Crippen LogP contribution < -0.4 is 10.9 Å². The molecular formula is C20H20F3N3O3. The molecule has 1 amide bonds. The molecule has 0 aliphatic heterocycles. The normalized spacial score (nSPS) is 12.9. The van der Waals surface area contributed by atoms with Gasteiger partial charge in [-0.3, -0.25) is 14.2 Å². The highest BCUT2D eigenvalue weighted by atomic mass is 19.4. The molecule has 3 rings (SSSR count). The van der Waals surface area contributed by atoms with E-state index in [1.54, 1.807) is 39.0 Å². The average molecular weight is 407 g/mol. The number of carbonyl (C=O) groups is 1. The van der Waals surface area contributed by atoms with Crippen LogP contribution in [0.3, 0.4) is 0 Å². The minimum atomic E-state index is -4.94. The minimum Gasteiger partial charge on any atom is -0.465 e. The van der Waals surface area contributed by atoms with E-state index in [2.05, 4.69) is 10.3 Å². The lowest BCUT2D eigenvalue weighted by Crippen LogP contribution is -2.39. The summed E-state index contributed by atoms with van der Waals surface area (Å²) in [4.78, 5) is 28.8. The maximum atomic E-state index is 13.4. The number of alkyl halides is 3. The first-order valence-electron chi connectivity index (χ1n) is 8.92. The molecule has 1 N–H and O–H groups in total. The van der Waals surface area contributed by atoms with Crippen molar-refractivity contribution in [2.45, 2.75) is 46.5 Å². The number of carbonyl (C=O) groups excluding carboxylic acids is 1. The van der Waals surface area contributed by atoms with Crippen molar-refractivity contribution in [1.82, 2.24) is 14.9 Å².